The van der Waals surface area contributed by atoms with E-state index in [4.69, 9.17) is 32.7 Å². The lowest BCUT2D eigenvalue weighted by atomic mass is 10.2. The number of hydrogen-bond donors (Lipinski definition) is 2. The Hall–Kier alpha value is -1.96. The average molecular weight is 504 g/mol. The number of benzene rings is 2. The molecule has 0 heterocycles. The molecule has 0 radical (unpaired) electrons. The highest BCUT2D eigenvalue weighted by Crippen LogP contribution is 2.28. The maximum Gasteiger partial charge on any atom is 0.279 e. The Morgan fingerprint density at radius 1 is 1.10 bits per heavy atom. The van der Waals surface area contributed by atoms with Crippen LogP contribution in [0.3, 0.4) is 0 Å². The number of hydrogen-bond acceptors (Lipinski definition) is 4. The summed E-state index contributed by atoms with van der Waals surface area (Å²) in [6.07, 6.45) is 1.09. The van der Waals surface area contributed by atoms with Crippen LogP contribution in [-0.2, 0) is 4.79 Å². The van der Waals surface area contributed by atoms with Crippen molar-refractivity contribution in [2.24, 2.45) is 0 Å². The van der Waals surface area contributed by atoms with Crippen molar-refractivity contribution in [3.05, 3.63) is 56.5 Å². The molecular formula is C20H21BrCl2N2O4. The molecule has 2 amide bonds. The molecule has 0 aromatic heterocycles. The third-order valence-corrected chi connectivity index (χ3v) is 4.97. The first-order valence-electron chi connectivity index (χ1n) is 8.96. The Balaban J connectivity index is 1.89. The summed E-state index contributed by atoms with van der Waals surface area (Å²) in [5, 5.41) is 0.743. The van der Waals surface area contributed by atoms with Gasteiger partial charge in [0.05, 0.1) is 16.1 Å². The lowest BCUT2D eigenvalue weighted by Gasteiger charge is -2.16. The summed E-state index contributed by atoms with van der Waals surface area (Å²) in [5.41, 5.74) is 5.04. The van der Waals surface area contributed by atoms with Crippen LogP contribution in [0.2, 0.25) is 10.0 Å². The van der Waals surface area contributed by atoms with Crippen LogP contribution in [0, 0.1) is 0 Å². The van der Waals surface area contributed by atoms with Crippen molar-refractivity contribution in [2.45, 2.75) is 32.8 Å². The van der Waals surface area contributed by atoms with Gasteiger partial charge in [0.25, 0.3) is 11.8 Å². The van der Waals surface area contributed by atoms with Gasteiger partial charge in [-0.25, -0.2) is 0 Å². The monoisotopic (exact) mass is 502 g/mol. The van der Waals surface area contributed by atoms with Crippen molar-refractivity contribution < 1.29 is 19.1 Å². The molecule has 0 aliphatic carbocycles. The molecule has 2 rings (SSSR count). The Kier molecular flexibility index (Phi) is 9.07. The van der Waals surface area contributed by atoms with Crippen LogP contribution in [0.5, 0.6) is 11.5 Å². The molecule has 2 N–H and O–H groups in total. The van der Waals surface area contributed by atoms with E-state index < -0.39 is 17.9 Å². The molecule has 2 aromatic rings. The van der Waals surface area contributed by atoms with E-state index in [1.54, 1.807) is 30.3 Å². The van der Waals surface area contributed by atoms with Crippen LogP contribution in [0.15, 0.2) is 40.9 Å². The Morgan fingerprint density at radius 3 is 2.48 bits per heavy atom. The average Bonchev–Trinajstić information content (AvgIpc) is 2.69. The number of unbranched alkanes of at least 4 members (excludes halogenated alkanes) is 1. The molecule has 156 valence electrons. The van der Waals surface area contributed by atoms with Crippen LogP contribution in [0.1, 0.15) is 37.0 Å². The van der Waals surface area contributed by atoms with Gasteiger partial charge in [-0.05, 0) is 65.7 Å². The van der Waals surface area contributed by atoms with E-state index in [0.29, 0.717) is 33.2 Å². The second kappa shape index (κ2) is 11.3. The van der Waals surface area contributed by atoms with Crippen LogP contribution in [-0.4, -0.2) is 24.5 Å². The molecule has 9 heteroatoms. The molecule has 0 fully saturated rings. The zero-order valence-electron chi connectivity index (χ0n) is 15.9. The Morgan fingerprint density at radius 2 is 1.83 bits per heavy atom. The SMILES string of the molecule is CCCCOc1ccc(C(=O)NNC(=O)C(C)Oc2ccc(Cl)cc2Cl)cc1Br. The lowest BCUT2D eigenvalue weighted by Crippen LogP contribution is -2.47. The third kappa shape index (κ3) is 7.10. The Labute approximate surface area is 188 Å². The fourth-order valence-electron chi connectivity index (χ4n) is 2.19. The molecule has 0 aliphatic rings. The lowest BCUT2D eigenvalue weighted by molar-refractivity contribution is -0.128. The number of rotatable bonds is 8. The fraction of sp³-hybridized carbons (Fsp3) is 0.300. The van der Waals surface area contributed by atoms with Gasteiger partial charge in [-0.3, -0.25) is 20.4 Å². The normalized spacial score (nSPS) is 11.5. The maximum absolute atomic E-state index is 12.3. The largest absolute Gasteiger partial charge is 0.492 e. The quantitative estimate of drug-likeness (QED) is 0.385. The van der Waals surface area contributed by atoms with E-state index in [1.807, 2.05) is 0 Å². The predicted molar refractivity (Wildman–Crippen MR) is 117 cm³/mol. The molecule has 0 aliphatic heterocycles. The van der Waals surface area contributed by atoms with E-state index in [9.17, 15) is 9.59 Å². The van der Waals surface area contributed by atoms with Gasteiger partial charge in [-0.2, -0.15) is 0 Å². The van der Waals surface area contributed by atoms with E-state index >= 15 is 0 Å². The molecule has 0 saturated carbocycles. The van der Waals surface area contributed by atoms with Gasteiger partial charge in [0.1, 0.15) is 11.5 Å². The summed E-state index contributed by atoms with van der Waals surface area (Å²) in [6.45, 7) is 4.22. The first kappa shape index (κ1) is 23.3. The van der Waals surface area contributed by atoms with Crippen LogP contribution >= 0.6 is 39.1 Å². The van der Waals surface area contributed by atoms with E-state index in [0.717, 1.165) is 12.8 Å². The minimum Gasteiger partial charge on any atom is -0.492 e. The molecule has 1 unspecified atom stereocenters. The van der Waals surface area contributed by atoms with Crippen LogP contribution in [0.25, 0.3) is 0 Å². The zero-order valence-corrected chi connectivity index (χ0v) is 19.0. The molecule has 0 bridgehead atoms. The molecule has 1 atom stereocenters. The molecule has 6 nitrogen and oxygen atoms in total. The number of amides is 2. The number of carbonyl (C=O) groups excluding carboxylic acids is 2. The summed E-state index contributed by atoms with van der Waals surface area (Å²) in [4.78, 5) is 24.5. The first-order chi connectivity index (χ1) is 13.8. The third-order valence-electron chi connectivity index (χ3n) is 3.82. The van der Waals surface area contributed by atoms with Gasteiger partial charge in [-0.1, -0.05) is 36.5 Å². The standard InChI is InChI=1S/C20H21BrCl2N2O4/c1-3-4-9-28-17-7-5-13(10-15(17)21)20(27)25-24-19(26)12(2)29-18-8-6-14(22)11-16(18)23/h5-8,10-12H,3-4,9H2,1-2H3,(H,24,26)(H,25,27). The summed E-state index contributed by atoms with van der Waals surface area (Å²) in [7, 11) is 0. The highest BCUT2D eigenvalue weighted by Gasteiger charge is 2.18. The highest BCUT2D eigenvalue weighted by molar-refractivity contribution is 9.10. The molecule has 29 heavy (non-hydrogen) atoms. The van der Waals surface area contributed by atoms with Gasteiger partial charge in [-0.15, -0.1) is 0 Å². The maximum atomic E-state index is 12.3. The van der Waals surface area contributed by atoms with Crippen molar-refractivity contribution >= 4 is 50.9 Å². The Bertz CT molecular complexity index is 880. The van der Waals surface area contributed by atoms with Gasteiger partial charge in [0.15, 0.2) is 6.10 Å². The number of hydrazine groups is 1. The zero-order chi connectivity index (χ0) is 21.4. The second-order valence-corrected chi connectivity index (χ2v) is 7.82. The van der Waals surface area contributed by atoms with Crippen LogP contribution in [0.4, 0.5) is 0 Å². The summed E-state index contributed by atoms with van der Waals surface area (Å²) >= 11 is 15.2. The van der Waals surface area contributed by atoms with E-state index in [-0.39, 0.29) is 5.02 Å². The van der Waals surface area contributed by atoms with Gasteiger partial charge in [0.2, 0.25) is 0 Å². The molecule has 2 aromatic carbocycles. The minimum atomic E-state index is -0.893. The second-order valence-electron chi connectivity index (χ2n) is 6.13. The van der Waals surface area contributed by atoms with Crippen molar-refractivity contribution in [1.29, 1.82) is 0 Å². The van der Waals surface area contributed by atoms with Crippen molar-refractivity contribution in [3.63, 3.8) is 0 Å². The first-order valence-corrected chi connectivity index (χ1v) is 10.5. The minimum absolute atomic E-state index is 0.285. The van der Waals surface area contributed by atoms with Crippen molar-refractivity contribution in [2.75, 3.05) is 6.61 Å². The number of nitrogens with one attached hydrogen (secondary N) is 2. The predicted octanol–water partition coefficient (Wildman–Crippen LogP) is 5.16. The number of carbonyl (C=O) groups is 2. The van der Waals surface area contributed by atoms with Crippen molar-refractivity contribution in [3.8, 4) is 11.5 Å². The van der Waals surface area contributed by atoms with E-state index in [2.05, 4.69) is 33.7 Å². The van der Waals surface area contributed by atoms with Gasteiger partial charge >= 0.3 is 0 Å². The molecule has 0 saturated heterocycles. The van der Waals surface area contributed by atoms with Crippen molar-refractivity contribution in [1.82, 2.24) is 10.9 Å². The molecular weight excluding hydrogens is 483 g/mol. The van der Waals surface area contributed by atoms with Gasteiger partial charge in [0, 0.05) is 10.6 Å². The summed E-state index contributed by atoms with van der Waals surface area (Å²) < 4.78 is 11.8. The fourth-order valence-corrected chi connectivity index (χ4v) is 3.14. The summed E-state index contributed by atoms with van der Waals surface area (Å²) in [5.74, 6) is -0.0487. The topological polar surface area (TPSA) is 76.7 Å². The highest BCUT2D eigenvalue weighted by atomic mass is 79.9. The molecule has 0 spiro atoms. The smallest absolute Gasteiger partial charge is 0.279 e. The number of halogens is 3. The van der Waals surface area contributed by atoms with Gasteiger partial charge < -0.3 is 9.47 Å². The van der Waals surface area contributed by atoms with E-state index in [1.165, 1.54) is 13.0 Å². The summed E-state index contributed by atoms with van der Waals surface area (Å²) in [6, 6.07) is 9.61. The van der Waals surface area contributed by atoms with Crippen LogP contribution < -0.4 is 20.3 Å². The number of ether oxygens (including phenoxy) is 2.